The summed E-state index contributed by atoms with van der Waals surface area (Å²) in [5, 5.41) is 5.08. The van der Waals surface area contributed by atoms with Crippen LogP contribution in [0, 0.1) is 5.82 Å². The fourth-order valence-corrected chi connectivity index (χ4v) is 2.47. The van der Waals surface area contributed by atoms with Crippen LogP contribution >= 0.6 is 0 Å². The Balaban J connectivity index is 2.42. The minimum Gasteiger partial charge on any atom is -0.493 e. The zero-order chi connectivity index (χ0) is 12.6. The molecule has 17 heavy (non-hydrogen) atoms. The summed E-state index contributed by atoms with van der Waals surface area (Å²) in [5.74, 6) is -0.0422. The minimum absolute atomic E-state index is 0.334. The molecule has 0 saturated heterocycles. The Bertz CT molecular complexity index is 532. The number of halogens is 1. The van der Waals surface area contributed by atoms with Gasteiger partial charge in [0.2, 0.25) is 0 Å². The molecule has 0 amide bonds. The van der Waals surface area contributed by atoms with Gasteiger partial charge in [-0.05, 0) is 6.07 Å². The summed E-state index contributed by atoms with van der Waals surface area (Å²) in [6.45, 7) is 0.334. The molecule has 2 rings (SSSR count). The van der Waals surface area contributed by atoms with Crippen LogP contribution in [0.5, 0.6) is 5.75 Å². The standard InChI is InChI=1S/C10H13FN2O3S/c1-13(17(12,14)15)9-4-5-16-10-6-7(11)2-3-8(9)10/h2-3,6,9H,4-5H2,1H3,(H2,12,14,15). The van der Waals surface area contributed by atoms with Gasteiger partial charge in [-0.1, -0.05) is 6.07 Å². The van der Waals surface area contributed by atoms with Crippen molar-refractivity contribution < 1.29 is 17.5 Å². The molecule has 2 N–H and O–H groups in total. The van der Waals surface area contributed by atoms with Crippen molar-refractivity contribution in [3.63, 3.8) is 0 Å². The van der Waals surface area contributed by atoms with Crippen LogP contribution in [0.1, 0.15) is 18.0 Å². The van der Waals surface area contributed by atoms with Gasteiger partial charge in [0, 0.05) is 25.1 Å². The molecule has 1 heterocycles. The summed E-state index contributed by atoms with van der Waals surface area (Å²) in [6.07, 6.45) is 0.492. The number of nitrogens with two attached hydrogens (primary N) is 1. The Hall–Kier alpha value is -1.18. The fourth-order valence-electron chi connectivity index (χ4n) is 1.90. The van der Waals surface area contributed by atoms with E-state index in [-0.39, 0.29) is 0 Å². The smallest absolute Gasteiger partial charge is 0.277 e. The summed E-state index contributed by atoms with van der Waals surface area (Å²) in [4.78, 5) is 0. The first-order chi connectivity index (χ1) is 7.89. The molecule has 94 valence electrons. The van der Waals surface area contributed by atoms with E-state index < -0.39 is 22.1 Å². The van der Waals surface area contributed by atoms with Crippen molar-refractivity contribution >= 4 is 10.2 Å². The van der Waals surface area contributed by atoms with E-state index in [1.165, 1.54) is 25.2 Å². The Morgan fingerprint density at radius 3 is 2.88 bits per heavy atom. The maximum atomic E-state index is 13.0. The third kappa shape index (κ3) is 2.41. The lowest BCUT2D eigenvalue weighted by Crippen LogP contribution is -2.38. The summed E-state index contributed by atoms with van der Waals surface area (Å²) < 4.78 is 42.0. The van der Waals surface area contributed by atoms with Crippen LogP contribution in [0.15, 0.2) is 18.2 Å². The Labute approximate surface area is 99.2 Å². The zero-order valence-corrected chi connectivity index (χ0v) is 10.1. The molecule has 0 spiro atoms. The van der Waals surface area contributed by atoms with Crippen molar-refractivity contribution in [3.8, 4) is 5.75 Å². The quantitative estimate of drug-likeness (QED) is 0.854. The average molecular weight is 260 g/mol. The largest absolute Gasteiger partial charge is 0.493 e. The highest BCUT2D eigenvalue weighted by Gasteiger charge is 2.30. The van der Waals surface area contributed by atoms with Gasteiger partial charge in [-0.3, -0.25) is 0 Å². The highest BCUT2D eigenvalue weighted by atomic mass is 32.2. The number of fused-ring (bicyclic) bond motifs is 1. The number of ether oxygens (including phenoxy) is 1. The normalized spacial score (nSPS) is 19.9. The monoisotopic (exact) mass is 260 g/mol. The second-order valence-electron chi connectivity index (χ2n) is 3.90. The molecule has 0 aromatic heterocycles. The number of hydrogen-bond acceptors (Lipinski definition) is 3. The number of rotatable bonds is 2. The average Bonchev–Trinajstić information content (AvgIpc) is 2.25. The first-order valence-corrected chi connectivity index (χ1v) is 6.58. The third-order valence-corrected chi connectivity index (χ3v) is 3.88. The molecule has 0 aliphatic carbocycles. The molecule has 0 saturated carbocycles. The molecule has 1 atom stereocenters. The van der Waals surface area contributed by atoms with E-state index in [4.69, 9.17) is 9.88 Å². The molecule has 0 fully saturated rings. The number of hydrogen-bond donors (Lipinski definition) is 1. The maximum Gasteiger partial charge on any atom is 0.277 e. The van der Waals surface area contributed by atoms with Crippen molar-refractivity contribution in [3.05, 3.63) is 29.6 Å². The first-order valence-electron chi connectivity index (χ1n) is 5.07. The first kappa shape index (κ1) is 12.3. The van der Waals surface area contributed by atoms with Crippen LogP contribution in [0.3, 0.4) is 0 Å². The van der Waals surface area contributed by atoms with E-state index in [2.05, 4.69) is 0 Å². The lowest BCUT2D eigenvalue weighted by Gasteiger charge is -2.31. The fraction of sp³-hybridized carbons (Fsp3) is 0.400. The van der Waals surface area contributed by atoms with Crippen LogP contribution in [0.4, 0.5) is 4.39 Å². The molecular formula is C10H13FN2O3S. The van der Waals surface area contributed by atoms with Crippen molar-refractivity contribution in [2.24, 2.45) is 5.14 Å². The summed E-state index contributed by atoms with van der Waals surface area (Å²) in [6, 6.07) is 3.64. The Morgan fingerprint density at radius 1 is 1.53 bits per heavy atom. The van der Waals surface area contributed by atoms with E-state index in [0.717, 1.165) is 4.31 Å². The van der Waals surface area contributed by atoms with Crippen LogP contribution < -0.4 is 9.88 Å². The van der Waals surface area contributed by atoms with Crippen molar-refractivity contribution in [2.75, 3.05) is 13.7 Å². The molecule has 7 heteroatoms. The van der Waals surface area contributed by atoms with Gasteiger partial charge in [0.05, 0.1) is 12.6 Å². The van der Waals surface area contributed by atoms with Gasteiger partial charge >= 0.3 is 0 Å². The summed E-state index contributed by atoms with van der Waals surface area (Å²) >= 11 is 0. The van der Waals surface area contributed by atoms with Crippen LogP contribution in [-0.2, 0) is 10.2 Å². The van der Waals surface area contributed by atoms with Crippen molar-refractivity contribution in [1.82, 2.24) is 4.31 Å². The summed E-state index contributed by atoms with van der Waals surface area (Å²) in [5.41, 5.74) is 0.633. The van der Waals surface area contributed by atoms with Crippen LogP contribution in [0.25, 0.3) is 0 Å². The van der Waals surface area contributed by atoms with Gasteiger partial charge in [0.1, 0.15) is 11.6 Å². The van der Waals surface area contributed by atoms with E-state index in [1.54, 1.807) is 0 Å². The van der Waals surface area contributed by atoms with Gasteiger partial charge in [0.15, 0.2) is 0 Å². The second kappa shape index (κ2) is 4.25. The molecule has 1 aliphatic heterocycles. The third-order valence-electron chi connectivity index (χ3n) is 2.82. The van der Waals surface area contributed by atoms with E-state index in [9.17, 15) is 12.8 Å². The molecule has 1 aliphatic rings. The van der Waals surface area contributed by atoms with Gasteiger partial charge in [-0.15, -0.1) is 0 Å². The van der Waals surface area contributed by atoms with E-state index in [1.807, 2.05) is 0 Å². The molecule has 5 nitrogen and oxygen atoms in total. The summed E-state index contributed by atoms with van der Waals surface area (Å²) in [7, 11) is -2.37. The van der Waals surface area contributed by atoms with Gasteiger partial charge in [-0.25, -0.2) is 9.53 Å². The number of nitrogens with zero attached hydrogens (tertiary/aromatic N) is 1. The van der Waals surface area contributed by atoms with E-state index >= 15 is 0 Å². The van der Waals surface area contributed by atoms with Crippen LogP contribution in [0.2, 0.25) is 0 Å². The molecule has 1 unspecified atom stereocenters. The molecule has 0 bridgehead atoms. The van der Waals surface area contributed by atoms with Crippen LogP contribution in [-0.4, -0.2) is 26.4 Å². The lowest BCUT2D eigenvalue weighted by atomic mass is 10.0. The highest BCUT2D eigenvalue weighted by Crippen LogP contribution is 2.36. The number of benzene rings is 1. The zero-order valence-electron chi connectivity index (χ0n) is 9.26. The molecular weight excluding hydrogens is 247 g/mol. The molecule has 0 radical (unpaired) electrons. The lowest BCUT2D eigenvalue weighted by molar-refractivity contribution is 0.220. The second-order valence-corrected chi connectivity index (χ2v) is 5.50. The van der Waals surface area contributed by atoms with Crippen molar-refractivity contribution in [2.45, 2.75) is 12.5 Å². The highest BCUT2D eigenvalue weighted by molar-refractivity contribution is 7.86. The predicted octanol–water partition coefficient (Wildman–Crippen LogP) is 0.785. The van der Waals surface area contributed by atoms with E-state index in [0.29, 0.717) is 24.3 Å². The Kier molecular flexibility index (Phi) is 3.07. The predicted molar refractivity (Wildman–Crippen MR) is 60.1 cm³/mol. The van der Waals surface area contributed by atoms with Crippen molar-refractivity contribution in [1.29, 1.82) is 0 Å². The van der Waals surface area contributed by atoms with Gasteiger partial charge in [0.25, 0.3) is 10.2 Å². The molecule has 1 aromatic carbocycles. The topological polar surface area (TPSA) is 72.6 Å². The molecule has 1 aromatic rings. The maximum absolute atomic E-state index is 13.0. The minimum atomic E-state index is -3.77. The SMILES string of the molecule is CN(C1CCOc2cc(F)ccc21)S(N)(=O)=O. The Morgan fingerprint density at radius 2 is 2.24 bits per heavy atom. The van der Waals surface area contributed by atoms with Gasteiger partial charge < -0.3 is 4.74 Å². The van der Waals surface area contributed by atoms with Gasteiger partial charge in [-0.2, -0.15) is 12.7 Å².